The van der Waals surface area contributed by atoms with Crippen LogP contribution in [0.1, 0.15) is 18.2 Å². The highest BCUT2D eigenvalue weighted by atomic mass is 16.3. The van der Waals surface area contributed by atoms with Gasteiger partial charge in [-0.3, -0.25) is 5.41 Å². The molecular weight excluding hydrogens is 150 g/mol. The van der Waals surface area contributed by atoms with E-state index in [1.165, 1.54) is 0 Å². The second kappa shape index (κ2) is 2.97. The van der Waals surface area contributed by atoms with Crippen molar-refractivity contribution in [2.45, 2.75) is 20.8 Å². The Morgan fingerprint density at radius 3 is 2.50 bits per heavy atom. The molecule has 0 amide bonds. The minimum atomic E-state index is 0.479. The number of aryl methyl sites for hydroxylation is 1. The lowest BCUT2D eigenvalue weighted by molar-refractivity contribution is 0.471. The lowest BCUT2D eigenvalue weighted by Gasteiger charge is -1.98. The summed E-state index contributed by atoms with van der Waals surface area (Å²) in [5.74, 6) is 0.792. The molecule has 64 valence electrons. The maximum atomic E-state index is 7.69. The van der Waals surface area contributed by atoms with Gasteiger partial charge in [0, 0.05) is 10.8 Å². The molecule has 0 saturated carbocycles. The summed E-state index contributed by atoms with van der Waals surface area (Å²) in [6.45, 7) is 9.39. The molecule has 0 atom stereocenters. The molecule has 1 N–H and O–H groups in total. The average molecular weight is 163 g/mol. The summed E-state index contributed by atoms with van der Waals surface area (Å²) in [5.41, 5.74) is 1.56. The maximum absolute atomic E-state index is 7.69. The second-order valence-electron chi connectivity index (χ2n) is 2.79. The van der Waals surface area contributed by atoms with E-state index in [1.807, 2.05) is 26.8 Å². The molecule has 0 aliphatic rings. The molecule has 2 nitrogen and oxygen atoms in total. The monoisotopic (exact) mass is 163 g/mol. The van der Waals surface area contributed by atoms with Gasteiger partial charge < -0.3 is 4.42 Å². The van der Waals surface area contributed by atoms with Crippen molar-refractivity contribution in [3.05, 3.63) is 27.3 Å². The predicted molar refractivity (Wildman–Crippen MR) is 48.9 cm³/mol. The van der Waals surface area contributed by atoms with Crippen molar-refractivity contribution in [1.29, 1.82) is 5.41 Å². The van der Waals surface area contributed by atoms with Gasteiger partial charge in [0.25, 0.3) is 0 Å². The SMILES string of the molecule is C=c1c(=N)c(C)c(C)o/c1=C/C. The largest absolute Gasteiger partial charge is 0.461 e. The quantitative estimate of drug-likeness (QED) is 0.597. The molecule has 1 heterocycles. The first-order valence-corrected chi connectivity index (χ1v) is 3.88. The Hall–Kier alpha value is -1.31. The molecule has 0 radical (unpaired) electrons. The fourth-order valence-corrected chi connectivity index (χ4v) is 1.06. The first-order chi connectivity index (χ1) is 5.57. The van der Waals surface area contributed by atoms with Crippen LogP contribution in [0, 0.1) is 19.3 Å². The number of hydrogen-bond donors (Lipinski definition) is 1. The van der Waals surface area contributed by atoms with Crippen molar-refractivity contribution >= 4 is 12.7 Å². The molecule has 12 heavy (non-hydrogen) atoms. The predicted octanol–water partition coefficient (Wildman–Crippen LogP) is 0.587. The van der Waals surface area contributed by atoms with Gasteiger partial charge in [0.2, 0.25) is 0 Å². The van der Waals surface area contributed by atoms with Gasteiger partial charge in [0.1, 0.15) is 11.2 Å². The zero-order valence-electron chi connectivity index (χ0n) is 7.69. The zero-order chi connectivity index (χ0) is 9.30. The van der Waals surface area contributed by atoms with Crippen LogP contribution < -0.4 is 16.0 Å². The lowest BCUT2D eigenvalue weighted by atomic mass is 10.2. The first kappa shape index (κ1) is 8.78. The molecule has 2 heteroatoms. The summed E-state index contributed by atoms with van der Waals surface area (Å²) in [6, 6.07) is 0. The third-order valence-corrected chi connectivity index (χ3v) is 2.03. The van der Waals surface area contributed by atoms with Gasteiger partial charge in [-0.05, 0) is 26.8 Å². The summed E-state index contributed by atoms with van der Waals surface area (Å²) in [4.78, 5) is 0. The average Bonchev–Trinajstić information content (AvgIpc) is 2.08. The smallest absolute Gasteiger partial charge is 0.131 e. The van der Waals surface area contributed by atoms with Gasteiger partial charge >= 0.3 is 0 Å². The van der Waals surface area contributed by atoms with E-state index in [0.717, 1.165) is 11.3 Å². The molecule has 0 saturated heterocycles. The van der Waals surface area contributed by atoms with Crippen LogP contribution in [0.2, 0.25) is 0 Å². The van der Waals surface area contributed by atoms with Gasteiger partial charge in [-0.15, -0.1) is 0 Å². The van der Waals surface area contributed by atoms with E-state index in [9.17, 15) is 0 Å². The van der Waals surface area contributed by atoms with Crippen molar-refractivity contribution in [2.24, 2.45) is 0 Å². The Labute approximate surface area is 71.4 Å². The Kier molecular flexibility index (Phi) is 2.18. The van der Waals surface area contributed by atoms with Gasteiger partial charge in [0.15, 0.2) is 0 Å². The highest BCUT2D eigenvalue weighted by Gasteiger charge is 1.98. The molecule has 0 bridgehead atoms. The van der Waals surface area contributed by atoms with E-state index in [2.05, 4.69) is 6.58 Å². The third-order valence-electron chi connectivity index (χ3n) is 2.03. The minimum Gasteiger partial charge on any atom is -0.461 e. The van der Waals surface area contributed by atoms with Crippen LogP contribution in [0.5, 0.6) is 0 Å². The molecule has 0 aromatic carbocycles. The van der Waals surface area contributed by atoms with Gasteiger partial charge in [-0.2, -0.15) is 0 Å². The number of hydrogen-bond acceptors (Lipinski definition) is 2. The molecule has 1 aromatic rings. The van der Waals surface area contributed by atoms with Crippen LogP contribution in [0.25, 0.3) is 12.7 Å². The second-order valence-corrected chi connectivity index (χ2v) is 2.79. The van der Waals surface area contributed by atoms with Gasteiger partial charge in [0.05, 0.1) is 5.36 Å². The van der Waals surface area contributed by atoms with Crippen molar-refractivity contribution < 1.29 is 4.42 Å². The highest BCUT2D eigenvalue weighted by molar-refractivity contribution is 5.22. The molecular formula is C10H13NO. The van der Waals surface area contributed by atoms with Crippen LogP contribution >= 0.6 is 0 Å². The van der Waals surface area contributed by atoms with Crippen LogP contribution in [-0.2, 0) is 0 Å². The molecule has 1 rings (SSSR count). The van der Waals surface area contributed by atoms with E-state index < -0.39 is 0 Å². The molecule has 0 aliphatic carbocycles. The Morgan fingerprint density at radius 1 is 1.42 bits per heavy atom. The molecule has 0 fully saturated rings. The van der Waals surface area contributed by atoms with Crippen molar-refractivity contribution in [3.8, 4) is 0 Å². The minimum absolute atomic E-state index is 0.479. The van der Waals surface area contributed by atoms with Crippen LogP contribution in [-0.4, -0.2) is 0 Å². The van der Waals surface area contributed by atoms with Gasteiger partial charge in [-0.25, -0.2) is 0 Å². The summed E-state index contributed by atoms with van der Waals surface area (Å²) >= 11 is 0. The molecule has 0 spiro atoms. The number of rotatable bonds is 0. The molecule has 0 aliphatic heterocycles. The van der Waals surface area contributed by atoms with Crippen molar-refractivity contribution in [1.82, 2.24) is 0 Å². The Bertz CT molecular complexity index is 454. The van der Waals surface area contributed by atoms with Gasteiger partial charge in [-0.1, -0.05) is 6.58 Å². The highest BCUT2D eigenvalue weighted by Crippen LogP contribution is 1.92. The van der Waals surface area contributed by atoms with Crippen molar-refractivity contribution in [2.75, 3.05) is 0 Å². The fourth-order valence-electron chi connectivity index (χ4n) is 1.06. The summed E-state index contributed by atoms with van der Waals surface area (Å²) in [5, 5.41) is 8.83. The lowest BCUT2D eigenvalue weighted by Crippen LogP contribution is -2.39. The van der Waals surface area contributed by atoms with E-state index >= 15 is 0 Å². The fraction of sp³-hybridized carbons (Fsp3) is 0.300. The summed E-state index contributed by atoms with van der Waals surface area (Å²) in [6.07, 6.45) is 1.83. The molecule has 0 unspecified atom stereocenters. The topological polar surface area (TPSA) is 37.0 Å². The Morgan fingerprint density at radius 2 is 2.00 bits per heavy atom. The van der Waals surface area contributed by atoms with E-state index in [1.54, 1.807) is 0 Å². The third kappa shape index (κ3) is 1.20. The molecule has 1 aromatic heterocycles. The van der Waals surface area contributed by atoms with E-state index in [4.69, 9.17) is 9.83 Å². The standard InChI is InChI=1S/C10H13NO/c1-5-9-7(3)10(11)6(2)8(4)12-9/h5,11H,3H2,1-2,4H3/b9-5+,11-10?. The first-order valence-electron chi connectivity index (χ1n) is 3.88. The van der Waals surface area contributed by atoms with Crippen LogP contribution in [0.3, 0.4) is 0 Å². The normalized spacial score (nSPS) is 12.1. The van der Waals surface area contributed by atoms with Crippen LogP contribution in [0.4, 0.5) is 0 Å². The van der Waals surface area contributed by atoms with E-state index in [0.29, 0.717) is 16.0 Å². The van der Waals surface area contributed by atoms with E-state index in [-0.39, 0.29) is 0 Å². The summed E-state index contributed by atoms with van der Waals surface area (Å²) < 4.78 is 5.43. The van der Waals surface area contributed by atoms with Crippen molar-refractivity contribution in [3.63, 3.8) is 0 Å². The zero-order valence-corrected chi connectivity index (χ0v) is 7.69. The summed E-state index contributed by atoms with van der Waals surface area (Å²) in [7, 11) is 0. The maximum Gasteiger partial charge on any atom is 0.131 e. The van der Waals surface area contributed by atoms with Crippen LogP contribution in [0.15, 0.2) is 4.42 Å². The Balaban J connectivity index is 3.88. The number of nitrogens with one attached hydrogen (secondary N) is 1.